The first kappa shape index (κ1) is 11.8. The van der Waals surface area contributed by atoms with Crippen LogP contribution in [0.15, 0.2) is 12.2 Å². The summed E-state index contributed by atoms with van der Waals surface area (Å²) >= 11 is 0. The van der Waals surface area contributed by atoms with Gasteiger partial charge in [0.05, 0.1) is 6.61 Å². The molecule has 0 saturated carbocycles. The number of alkyl halides is 3. The molecule has 0 radical (unpaired) electrons. The zero-order valence-electron chi connectivity index (χ0n) is 6.93. The van der Waals surface area contributed by atoms with Crippen LogP contribution in [0.5, 0.6) is 0 Å². The number of carbonyl (C=O) groups excluding carboxylic acids is 1. The van der Waals surface area contributed by atoms with Gasteiger partial charge in [-0.25, -0.2) is 4.79 Å². The Balaban J connectivity index is 3.56. The van der Waals surface area contributed by atoms with E-state index in [2.05, 4.69) is 9.47 Å². The van der Waals surface area contributed by atoms with Gasteiger partial charge in [0.15, 0.2) is 0 Å². The fraction of sp³-hybridized carbons (Fsp3) is 0.571. The summed E-state index contributed by atoms with van der Waals surface area (Å²) in [7, 11) is 0. The minimum absolute atomic E-state index is 0.00771. The summed E-state index contributed by atoms with van der Waals surface area (Å²) in [5.74, 6) is 0. The Hall–Kier alpha value is -1.20. The largest absolute Gasteiger partial charge is 0.508 e. The third-order valence-corrected chi connectivity index (χ3v) is 0.866. The van der Waals surface area contributed by atoms with Gasteiger partial charge in [-0.15, -0.1) is 0 Å². The van der Waals surface area contributed by atoms with E-state index in [9.17, 15) is 18.0 Å². The zero-order valence-corrected chi connectivity index (χ0v) is 6.93. The molecule has 13 heavy (non-hydrogen) atoms. The average Bonchev–Trinajstić information content (AvgIpc) is 1.97. The molecule has 6 heteroatoms. The van der Waals surface area contributed by atoms with Crippen LogP contribution in [0.2, 0.25) is 0 Å². The minimum atomic E-state index is -4.38. The summed E-state index contributed by atoms with van der Waals surface area (Å²) in [4.78, 5) is 10.4. The quantitative estimate of drug-likeness (QED) is 0.515. The molecule has 0 amide bonds. The Morgan fingerprint density at radius 2 is 2.00 bits per heavy atom. The highest BCUT2D eigenvalue weighted by Gasteiger charge is 2.21. The van der Waals surface area contributed by atoms with Gasteiger partial charge in [-0.1, -0.05) is 0 Å². The van der Waals surface area contributed by atoms with Crippen LogP contribution in [0.3, 0.4) is 0 Å². The van der Waals surface area contributed by atoms with Crippen molar-refractivity contribution in [2.45, 2.75) is 13.1 Å². The molecule has 0 fully saturated rings. The highest BCUT2D eigenvalue weighted by molar-refractivity contribution is 5.59. The zero-order chi connectivity index (χ0) is 10.3. The monoisotopic (exact) mass is 198 g/mol. The van der Waals surface area contributed by atoms with Crippen LogP contribution in [-0.2, 0) is 9.47 Å². The van der Waals surface area contributed by atoms with Gasteiger partial charge in [0.2, 0.25) is 0 Å². The lowest BCUT2D eigenvalue weighted by Gasteiger charge is -2.01. The molecule has 76 valence electrons. The third kappa shape index (κ3) is 8.71. The van der Waals surface area contributed by atoms with Crippen LogP contribution in [0.4, 0.5) is 18.0 Å². The van der Waals surface area contributed by atoms with Gasteiger partial charge in [0.1, 0.15) is 6.61 Å². The first-order valence-electron chi connectivity index (χ1n) is 3.49. The van der Waals surface area contributed by atoms with E-state index < -0.39 is 18.9 Å². The summed E-state index contributed by atoms with van der Waals surface area (Å²) in [6, 6.07) is 0. The van der Waals surface area contributed by atoms with E-state index in [1.165, 1.54) is 0 Å². The van der Waals surface area contributed by atoms with Gasteiger partial charge in [-0.05, 0) is 13.0 Å². The van der Waals surface area contributed by atoms with Gasteiger partial charge < -0.3 is 9.47 Å². The molecule has 0 spiro atoms. The Labute approximate surface area is 73.1 Å². The number of ether oxygens (including phenoxy) is 2. The molecule has 0 unspecified atom stereocenters. The van der Waals surface area contributed by atoms with Crippen LogP contribution >= 0.6 is 0 Å². The van der Waals surface area contributed by atoms with Crippen molar-refractivity contribution >= 4 is 6.16 Å². The number of hydrogen-bond acceptors (Lipinski definition) is 3. The standard InChI is InChI=1S/C7H9F3O3/c1-2-12-6(11)13-5-3-4-7(8,9)10/h3-4H,2,5H2,1H3/b4-3+. The summed E-state index contributed by atoms with van der Waals surface area (Å²) < 4.78 is 42.9. The average molecular weight is 198 g/mol. The van der Waals surface area contributed by atoms with Crippen LogP contribution in [-0.4, -0.2) is 25.5 Å². The fourth-order valence-corrected chi connectivity index (χ4v) is 0.457. The number of carbonyl (C=O) groups is 1. The Morgan fingerprint density at radius 1 is 1.38 bits per heavy atom. The van der Waals surface area contributed by atoms with Crippen molar-refractivity contribution in [3.8, 4) is 0 Å². The molecule has 3 nitrogen and oxygen atoms in total. The lowest BCUT2D eigenvalue weighted by molar-refractivity contribution is -0.0803. The van der Waals surface area contributed by atoms with Crippen LogP contribution < -0.4 is 0 Å². The Morgan fingerprint density at radius 3 is 2.46 bits per heavy atom. The summed E-state index contributed by atoms with van der Waals surface area (Å²) in [6.45, 7) is 1.24. The summed E-state index contributed by atoms with van der Waals surface area (Å²) in [5.41, 5.74) is 0. The number of rotatable bonds is 3. The SMILES string of the molecule is CCOC(=O)OC/C=C/C(F)(F)F. The van der Waals surface area contributed by atoms with Crippen molar-refractivity contribution in [2.24, 2.45) is 0 Å². The topological polar surface area (TPSA) is 35.5 Å². The van der Waals surface area contributed by atoms with Crippen molar-refractivity contribution in [1.29, 1.82) is 0 Å². The molecule has 0 aromatic carbocycles. The predicted molar refractivity (Wildman–Crippen MR) is 38.2 cm³/mol. The van der Waals surface area contributed by atoms with E-state index in [4.69, 9.17) is 0 Å². The molecule has 0 rings (SSSR count). The lowest BCUT2D eigenvalue weighted by atomic mass is 10.5. The molecule has 0 saturated heterocycles. The highest BCUT2D eigenvalue weighted by Crippen LogP contribution is 2.15. The summed E-state index contributed by atoms with van der Waals surface area (Å²) in [5, 5.41) is 0. The minimum Gasteiger partial charge on any atom is -0.435 e. The third-order valence-electron chi connectivity index (χ3n) is 0.866. The smallest absolute Gasteiger partial charge is 0.435 e. The normalized spacial score (nSPS) is 11.7. The lowest BCUT2D eigenvalue weighted by Crippen LogP contribution is -2.08. The number of hydrogen-bond donors (Lipinski definition) is 0. The highest BCUT2D eigenvalue weighted by atomic mass is 19.4. The second kappa shape index (κ2) is 5.45. The van der Waals surface area contributed by atoms with E-state index in [1.807, 2.05) is 0 Å². The molecule has 0 aromatic heterocycles. The first-order chi connectivity index (χ1) is 5.95. The van der Waals surface area contributed by atoms with E-state index in [-0.39, 0.29) is 12.7 Å². The van der Waals surface area contributed by atoms with E-state index in [0.29, 0.717) is 6.08 Å². The molecule has 0 aliphatic rings. The van der Waals surface area contributed by atoms with Crippen molar-refractivity contribution in [3.63, 3.8) is 0 Å². The Kier molecular flexibility index (Phi) is 4.94. The van der Waals surface area contributed by atoms with Gasteiger partial charge in [-0.2, -0.15) is 13.2 Å². The van der Waals surface area contributed by atoms with Gasteiger partial charge >= 0.3 is 12.3 Å². The van der Waals surface area contributed by atoms with Crippen LogP contribution in [0, 0.1) is 0 Å². The molecule has 0 heterocycles. The van der Waals surface area contributed by atoms with Crippen LogP contribution in [0.25, 0.3) is 0 Å². The van der Waals surface area contributed by atoms with Gasteiger partial charge in [-0.3, -0.25) is 0 Å². The van der Waals surface area contributed by atoms with Crippen molar-refractivity contribution in [2.75, 3.05) is 13.2 Å². The van der Waals surface area contributed by atoms with Crippen molar-refractivity contribution in [3.05, 3.63) is 12.2 Å². The molecular formula is C7H9F3O3. The van der Waals surface area contributed by atoms with Gasteiger partial charge in [0.25, 0.3) is 0 Å². The molecule has 0 aromatic rings. The molecule has 0 bridgehead atoms. The fourth-order valence-electron chi connectivity index (χ4n) is 0.457. The van der Waals surface area contributed by atoms with Crippen LogP contribution in [0.1, 0.15) is 6.92 Å². The predicted octanol–water partition coefficient (Wildman–Crippen LogP) is 2.28. The maximum atomic E-state index is 11.5. The molecule has 0 N–H and O–H groups in total. The second-order valence-electron chi connectivity index (χ2n) is 1.94. The van der Waals surface area contributed by atoms with Crippen molar-refractivity contribution in [1.82, 2.24) is 0 Å². The first-order valence-corrected chi connectivity index (χ1v) is 3.49. The number of allylic oxidation sites excluding steroid dienone is 1. The van der Waals surface area contributed by atoms with E-state index >= 15 is 0 Å². The van der Waals surface area contributed by atoms with Gasteiger partial charge in [0, 0.05) is 6.08 Å². The molecule has 0 aliphatic heterocycles. The van der Waals surface area contributed by atoms with E-state index in [0.717, 1.165) is 0 Å². The molecule has 0 atom stereocenters. The number of halogens is 3. The van der Waals surface area contributed by atoms with E-state index in [1.54, 1.807) is 6.92 Å². The summed E-state index contributed by atoms with van der Waals surface area (Å²) in [6.07, 6.45) is -4.67. The van der Waals surface area contributed by atoms with Crippen molar-refractivity contribution < 1.29 is 27.4 Å². The second-order valence-corrected chi connectivity index (χ2v) is 1.94. The Bertz CT molecular complexity index is 186. The molecular weight excluding hydrogens is 189 g/mol. The maximum Gasteiger partial charge on any atom is 0.508 e. The molecule has 0 aliphatic carbocycles. The maximum absolute atomic E-state index is 11.5.